The zero-order valence-corrected chi connectivity index (χ0v) is 17.7. The highest BCUT2D eigenvalue weighted by atomic mass is 35.5. The number of hydrogen-bond donors (Lipinski definition) is 3. The van der Waals surface area contributed by atoms with Crippen molar-refractivity contribution in [3.05, 3.63) is 58.4 Å². The monoisotopic (exact) mass is 473 g/mol. The van der Waals surface area contributed by atoms with Crippen LogP contribution in [0.2, 0.25) is 5.02 Å². The predicted molar refractivity (Wildman–Crippen MR) is 109 cm³/mol. The molecule has 3 unspecified atom stereocenters. The second kappa shape index (κ2) is 8.29. The molecule has 2 aliphatic carbocycles. The van der Waals surface area contributed by atoms with E-state index in [1.807, 2.05) is 0 Å². The van der Waals surface area contributed by atoms with Crippen LogP contribution >= 0.6 is 11.6 Å². The van der Waals surface area contributed by atoms with E-state index in [0.717, 1.165) is 6.42 Å². The van der Waals surface area contributed by atoms with Crippen LogP contribution in [-0.2, 0) is 11.2 Å². The van der Waals surface area contributed by atoms with Crippen LogP contribution in [0.5, 0.6) is 0 Å². The first-order valence-corrected chi connectivity index (χ1v) is 11.2. The molecule has 2 aliphatic rings. The van der Waals surface area contributed by atoms with Gasteiger partial charge >= 0.3 is 0 Å². The van der Waals surface area contributed by atoms with Crippen molar-refractivity contribution in [3.63, 3.8) is 0 Å². The Bertz CT molecular complexity index is 1020. The van der Waals surface area contributed by atoms with Crippen LogP contribution < -0.4 is 5.32 Å². The van der Waals surface area contributed by atoms with Crippen molar-refractivity contribution in [2.24, 2.45) is 11.8 Å². The molecular formula is C21H19ClF3NO4S. The van der Waals surface area contributed by atoms with Crippen LogP contribution in [0.4, 0.5) is 18.9 Å². The summed E-state index contributed by atoms with van der Waals surface area (Å²) in [7, 11) is 0. The Hall–Kier alpha value is -1.78. The van der Waals surface area contributed by atoms with Crippen molar-refractivity contribution in [1.29, 1.82) is 0 Å². The van der Waals surface area contributed by atoms with Gasteiger partial charge in [-0.15, -0.1) is 0 Å². The lowest BCUT2D eigenvalue weighted by Crippen LogP contribution is -2.41. The molecule has 2 aromatic rings. The number of aliphatic hydroxyl groups is 2. The molecule has 2 bridgehead atoms. The van der Waals surface area contributed by atoms with Crippen LogP contribution in [0.1, 0.15) is 29.6 Å². The molecule has 2 aromatic carbocycles. The van der Waals surface area contributed by atoms with E-state index in [4.69, 9.17) is 11.6 Å². The summed E-state index contributed by atoms with van der Waals surface area (Å²) in [5, 5.41) is 22.2. The molecule has 0 radical (unpaired) electrons. The standard InChI is InChI=1S/C21H19ClF3NO4S/c22-14-4-2-10(20(28)26-12-6-15(23)18(25)16(24)7-12)5-17(14)31(30)19-11-1-3-13(19)21(29,8-11)9-27/h2,4-7,11,13,19,27,29H,1,3,8-9H2,(H,26,28)/t11?,13?,19-,21+,31?/m1/s1. The van der Waals surface area contributed by atoms with Gasteiger partial charge in [-0.05, 0) is 42.6 Å². The normalized spacial score (nSPS) is 28.0. The third-order valence-electron chi connectivity index (χ3n) is 6.19. The van der Waals surface area contributed by atoms with Gasteiger partial charge in [-0.2, -0.15) is 0 Å². The van der Waals surface area contributed by atoms with Crippen molar-refractivity contribution < 1.29 is 32.7 Å². The number of amides is 1. The van der Waals surface area contributed by atoms with E-state index in [0.29, 0.717) is 25.0 Å². The van der Waals surface area contributed by atoms with E-state index >= 15 is 0 Å². The Labute approximate surface area is 184 Å². The van der Waals surface area contributed by atoms with E-state index in [1.54, 1.807) is 0 Å². The lowest BCUT2D eigenvalue weighted by atomic mass is 9.85. The molecule has 166 valence electrons. The van der Waals surface area contributed by atoms with E-state index in [9.17, 15) is 32.7 Å². The fourth-order valence-corrected chi connectivity index (χ4v) is 7.14. The van der Waals surface area contributed by atoms with Crippen molar-refractivity contribution in [2.45, 2.75) is 35.0 Å². The summed E-state index contributed by atoms with van der Waals surface area (Å²) in [5.74, 6) is -5.66. The molecule has 2 fully saturated rings. The third-order valence-corrected chi connectivity index (χ3v) is 8.61. The van der Waals surface area contributed by atoms with Gasteiger partial charge in [0, 0.05) is 41.3 Å². The Morgan fingerprint density at radius 2 is 1.90 bits per heavy atom. The molecule has 2 saturated carbocycles. The first-order chi connectivity index (χ1) is 14.6. The molecule has 5 atom stereocenters. The molecule has 0 aliphatic heterocycles. The van der Waals surface area contributed by atoms with Gasteiger partial charge in [0.05, 0.1) is 17.2 Å². The number of benzene rings is 2. The van der Waals surface area contributed by atoms with Crippen LogP contribution in [-0.4, -0.2) is 38.1 Å². The van der Waals surface area contributed by atoms with Gasteiger partial charge in [-0.25, -0.2) is 13.2 Å². The topological polar surface area (TPSA) is 92.6 Å². The Kier molecular flexibility index (Phi) is 5.99. The second-order valence-corrected chi connectivity index (χ2v) is 10.0. The number of rotatable bonds is 5. The largest absolute Gasteiger partial charge is 0.611 e. The van der Waals surface area contributed by atoms with Gasteiger partial charge in [0.2, 0.25) is 0 Å². The lowest BCUT2D eigenvalue weighted by molar-refractivity contribution is -0.0562. The summed E-state index contributed by atoms with van der Waals surface area (Å²) >= 11 is 4.58. The van der Waals surface area contributed by atoms with E-state index in [2.05, 4.69) is 5.32 Å². The minimum Gasteiger partial charge on any atom is -0.611 e. The summed E-state index contributed by atoms with van der Waals surface area (Å²) in [6.45, 7) is -0.414. The first-order valence-electron chi connectivity index (χ1n) is 9.64. The quantitative estimate of drug-likeness (QED) is 0.456. The Balaban J connectivity index is 1.58. The molecule has 10 heteroatoms. The van der Waals surface area contributed by atoms with Crippen LogP contribution in [0.15, 0.2) is 35.2 Å². The number of nitrogens with one attached hydrogen (secondary N) is 1. The fourth-order valence-electron chi connectivity index (χ4n) is 4.73. The van der Waals surface area contributed by atoms with Crippen LogP contribution in [0.25, 0.3) is 0 Å². The second-order valence-electron chi connectivity index (χ2n) is 8.02. The van der Waals surface area contributed by atoms with Gasteiger partial charge in [-0.1, -0.05) is 11.6 Å². The summed E-state index contributed by atoms with van der Waals surface area (Å²) in [6.07, 6.45) is 1.77. The average Bonchev–Trinajstić information content (AvgIpc) is 3.27. The summed E-state index contributed by atoms with van der Waals surface area (Å²) in [5.41, 5.74) is -1.51. The highest BCUT2D eigenvalue weighted by Crippen LogP contribution is 2.55. The number of carbonyl (C=O) groups is 1. The van der Waals surface area contributed by atoms with Crippen molar-refractivity contribution in [1.82, 2.24) is 0 Å². The number of anilines is 1. The lowest BCUT2D eigenvalue weighted by Gasteiger charge is -2.30. The van der Waals surface area contributed by atoms with Gasteiger partial charge < -0.3 is 20.1 Å². The molecule has 1 amide bonds. The smallest absolute Gasteiger partial charge is 0.255 e. The fraction of sp³-hybridized carbons (Fsp3) is 0.381. The number of hydrogen-bond acceptors (Lipinski definition) is 4. The zero-order valence-electron chi connectivity index (χ0n) is 16.1. The highest BCUT2D eigenvalue weighted by molar-refractivity contribution is 7.92. The maximum absolute atomic E-state index is 13.4. The van der Waals surface area contributed by atoms with Gasteiger partial charge in [0.15, 0.2) is 22.3 Å². The Morgan fingerprint density at radius 1 is 1.23 bits per heavy atom. The molecule has 0 spiro atoms. The number of halogens is 4. The first kappa shape index (κ1) is 22.4. The van der Waals surface area contributed by atoms with Gasteiger partial charge in [-0.3, -0.25) is 4.79 Å². The minimum atomic E-state index is -1.65. The maximum Gasteiger partial charge on any atom is 0.255 e. The molecule has 0 saturated heterocycles. The van der Waals surface area contributed by atoms with Crippen molar-refractivity contribution in [3.8, 4) is 0 Å². The van der Waals surface area contributed by atoms with E-state index < -0.39 is 52.0 Å². The number of fused-ring (bicyclic) bond motifs is 2. The maximum atomic E-state index is 13.4. The minimum absolute atomic E-state index is 0.0401. The van der Waals surface area contributed by atoms with Crippen LogP contribution in [0.3, 0.4) is 0 Å². The van der Waals surface area contributed by atoms with Crippen molar-refractivity contribution >= 4 is 34.4 Å². The molecule has 0 aromatic heterocycles. The number of aliphatic hydroxyl groups excluding tert-OH is 1. The van der Waals surface area contributed by atoms with Gasteiger partial charge in [0.25, 0.3) is 5.91 Å². The van der Waals surface area contributed by atoms with E-state index in [1.165, 1.54) is 18.2 Å². The number of carbonyl (C=O) groups excluding carboxylic acids is 1. The third kappa shape index (κ3) is 3.93. The van der Waals surface area contributed by atoms with Gasteiger partial charge in [0.1, 0.15) is 5.25 Å². The highest BCUT2D eigenvalue weighted by Gasteiger charge is 2.61. The average molecular weight is 474 g/mol. The molecule has 5 nitrogen and oxygen atoms in total. The SMILES string of the molecule is O=C(Nc1cc(F)c(F)c(F)c1)c1ccc(Cl)c([S+]([O-])[C@@H]2C3CCC2[C@@](O)(CO)C3)c1. The molecule has 4 rings (SSSR count). The summed E-state index contributed by atoms with van der Waals surface area (Å²) < 4.78 is 53.3. The molecule has 31 heavy (non-hydrogen) atoms. The molecule has 0 heterocycles. The molecule has 3 N–H and O–H groups in total. The molecular weight excluding hydrogens is 455 g/mol. The van der Waals surface area contributed by atoms with Crippen LogP contribution in [0, 0.1) is 29.3 Å². The predicted octanol–water partition coefficient (Wildman–Crippen LogP) is 3.64. The zero-order chi connectivity index (χ0) is 22.5. The summed E-state index contributed by atoms with van der Waals surface area (Å²) in [4.78, 5) is 12.8. The van der Waals surface area contributed by atoms with Crippen molar-refractivity contribution in [2.75, 3.05) is 11.9 Å². The Morgan fingerprint density at radius 3 is 2.52 bits per heavy atom. The summed E-state index contributed by atoms with van der Waals surface area (Å²) in [6, 6.07) is 5.39. The van der Waals surface area contributed by atoms with E-state index in [-0.39, 0.29) is 33.0 Å².